The van der Waals surface area contributed by atoms with Crippen molar-refractivity contribution in [3.05, 3.63) is 55.0 Å². The van der Waals surface area contributed by atoms with Gasteiger partial charge in [0.1, 0.15) is 0 Å². The third-order valence-electron chi connectivity index (χ3n) is 1.53. The van der Waals surface area contributed by atoms with Gasteiger partial charge in [0.15, 0.2) is 0 Å². The molecule has 0 spiro atoms. The van der Waals surface area contributed by atoms with Crippen LogP contribution < -0.4 is 0 Å². The molecule has 0 aliphatic carbocycles. The number of pyridine rings is 1. The summed E-state index contributed by atoms with van der Waals surface area (Å²) in [6, 6.07) is 5.76. The maximum absolute atomic E-state index is 4.19. The fourth-order valence-electron chi connectivity index (χ4n) is 0.859. The number of allylic oxidation sites excluding steroid dienone is 2. The molecule has 0 radical (unpaired) electrons. The van der Waals surface area contributed by atoms with Crippen molar-refractivity contribution < 1.29 is 0 Å². The average Bonchev–Trinajstić information content (AvgIpc) is 2.19. The van der Waals surface area contributed by atoms with Gasteiger partial charge in [0.05, 0.1) is 11.4 Å². The summed E-state index contributed by atoms with van der Waals surface area (Å²) >= 11 is 0. The Kier molecular flexibility index (Phi) is 3.64. The maximum atomic E-state index is 4.19. The van der Waals surface area contributed by atoms with E-state index in [9.17, 15) is 0 Å². The monoisotopic (exact) mass is 172 g/mol. The van der Waals surface area contributed by atoms with E-state index >= 15 is 0 Å². The van der Waals surface area contributed by atoms with Crippen LogP contribution in [0.15, 0.2) is 54.3 Å². The average molecular weight is 172 g/mol. The lowest BCUT2D eigenvalue weighted by Crippen LogP contribution is -1.95. The summed E-state index contributed by atoms with van der Waals surface area (Å²) in [6.07, 6.45) is 6.93. The Bertz CT molecular complexity index is 323. The number of rotatable bonds is 3. The summed E-state index contributed by atoms with van der Waals surface area (Å²) in [7, 11) is 0. The van der Waals surface area contributed by atoms with Crippen molar-refractivity contribution >= 4 is 5.71 Å². The second-order valence-corrected chi connectivity index (χ2v) is 2.51. The molecule has 0 aliphatic rings. The van der Waals surface area contributed by atoms with Gasteiger partial charge >= 0.3 is 0 Å². The van der Waals surface area contributed by atoms with Crippen LogP contribution in [0.25, 0.3) is 0 Å². The van der Waals surface area contributed by atoms with Gasteiger partial charge in [-0.3, -0.25) is 9.98 Å². The van der Waals surface area contributed by atoms with Gasteiger partial charge in [0.2, 0.25) is 0 Å². The molecule has 0 aliphatic heterocycles. The smallest absolute Gasteiger partial charge is 0.0841 e. The summed E-state index contributed by atoms with van der Waals surface area (Å²) < 4.78 is 0. The Hall–Kier alpha value is -1.70. The van der Waals surface area contributed by atoms with Crippen LogP contribution in [0.3, 0.4) is 0 Å². The fraction of sp³-hybridized carbons (Fsp3) is 0.0909. The van der Waals surface area contributed by atoms with Gasteiger partial charge in [-0.1, -0.05) is 18.7 Å². The lowest BCUT2D eigenvalue weighted by molar-refractivity contribution is 1.28. The highest BCUT2D eigenvalue weighted by Gasteiger charge is 1.93. The Morgan fingerprint density at radius 2 is 2.38 bits per heavy atom. The van der Waals surface area contributed by atoms with Gasteiger partial charge in [-0.05, 0) is 25.1 Å². The van der Waals surface area contributed by atoms with Crippen molar-refractivity contribution in [1.82, 2.24) is 4.98 Å². The van der Waals surface area contributed by atoms with Crippen molar-refractivity contribution in [2.75, 3.05) is 0 Å². The number of aliphatic imine (C=N–C) groups is 1. The first-order chi connectivity index (χ1) is 6.34. The van der Waals surface area contributed by atoms with E-state index in [1.165, 1.54) is 0 Å². The van der Waals surface area contributed by atoms with Crippen molar-refractivity contribution in [3.63, 3.8) is 0 Å². The van der Waals surface area contributed by atoms with Gasteiger partial charge < -0.3 is 0 Å². The predicted octanol–water partition coefficient (Wildman–Crippen LogP) is 2.59. The molecule has 0 atom stereocenters. The molecular formula is C11H12N2. The van der Waals surface area contributed by atoms with E-state index in [0.717, 1.165) is 11.4 Å². The first kappa shape index (κ1) is 9.39. The molecule has 0 saturated heterocycles. The van der Waals surface area contributed by atoms with E-state index in [0.29, 0.717) is 0 Å². The first-order valence-electron chi connectivity index (χ1n) is 4.08. The standard InChI is InChI=1S/C11H12N2/c1-3-4-8-12-10(2)11-7-5-6-9-13-11/h3-9H,1H2,2H3/b8-4-,12-10+. The largest absolute Gasteiger partial charge is 0.259 e. The molecular weight excluding hydrogens is 160 g/mol. The zero-order chi connectivity index (χ0) is 9.52. The summed E-state index contributed by atoms with van der Waals surface area (Å²) in [5, 5.41) is 0. The molecule has 0 amide bonds. The summed E-state index contributed by atoms with van der Waals surface area (Å²) in [5.41, 5.74) is 1.80. The highest BCUT2D eigenvalue weighted by molar-refractivity contribution is 5.97. The normalized spacial score (nSPS) is 11.9. The van der Waals surface area contributed by atoms with Crippen molar-refractivity contribution in [1.29, 1.82) is 0 Å². The lowest BCUT2D eigenvalue weighted by atomic mass is 10.2. The van der Waals surface area contributed by atoms with E-state index in [1.807, 2.05) is 25.1 Å². The first-order valence-corrected chi connectivity index (χ1v) is 4.08. The van der Waals surface area contributed by atoms with Crippen LogP contribution >= 0.6 is 0 Å². The topological polar surface area (TPSA) is 25.2 Å². The molecule has 1 heterocycles. The minimum Gasteiger partial charge on any atom is -0.259 e. The molecule has 66 valence electrons. The van der Waals surface area contributed by atoms with Crippen molar-refractivity contribution in [3.8, 4) is 0 Å². The third kappa shape index (κ3) is 3.03. The molecule has 13 heavy (non-hydrogen) atoms. The minimum absolute atomic E-state index is 0.899. The molecule has 0 aromatic carbocycles. The van der Waals surface area contributed by atoms with E-state index < -0.39 is 0 Å². The van der Waals surface area contributed by atoms with E-state index in [-0.39, 0.29) is 0 Å². The van der Waals surface area contributed by atoms with Gasteiger partial charge in [0, 0.05) is 12.4 Å². The van der Waals surface area contributed by atoms with E-state index in [4.69, 9.17) is 0 Å². The zero-order valence-corrected chi connectivity index (χ0v) is 7.64. The Balaban J connectivity index is 2.79. The van der Waals surface area contributed by atoms with Crippen LogP contribution in [0.4, 0.5) is 0 Å². The molecule has 2 heteroatoms. The molecule has 1 rings (SSSR count). The second-order valence-electron chi connectivity index (χ2n) is 2.51. The van der Waals surface area contributed by atoms with Crippen LogP contribution in [0.5, 0.6) is 0 Å². The number of nitrogens with zero attached hydrogens (tertiary/aromatic N) is 2. The predicted molar refractivity (Wildman–Crippen MR) is 55.8 cm³/mol. The zero-order valence-electron chi connectivity index (χ0n) is 7.64. The van der Waals surface area contributed by atoms with E-state index in [2.05, 4.69) is 16.6 Å². The van der Waals surface area contributed by atoms with Crippen LogP contribution in [0.1, 0.15) is 12.6 Å². The minimum atomic E-state index is 0.899. The Morgan fingerprint density at radius 3 is 3.00 bits per heavy atom. The highest BCUT2D eigenvalue weighted by Crippen LogP contribution is 1.96. The van der Waals surface area contributed by atoms with E-state index in [1.54, 1.807) is 24.5 Å². The van der Waals surface area contributed by atoms with Gasteiger partial charge in [-0.2, -0.15) is 0 Å². The summed E-state index contributed by atoms with van der Waals surface area (Å²) in [5.74, 6) is 0. The molecule has 0 saturated carbocycles. The SMILES string of the molecule is C=C/C=C\N=C(/C)c1ccccn1. The number of aromatic nitrogens is 1. The lowest BCUT2D eigenvalue weighted by Gasteiger charge is -1.95. The third-order valence-corrected chi connectivity index (χ3v) is 1.53. The van der Waals surface area contributed by atoms with Crippen molar-refractivity contribution in [2.45, 2.75) is 6.92 Å². The van der Waals surface area contributed by atoms with Crippen molar-refractivity contribution in [2.24, 2.45) is 4.99 Å². The van der Waals surface area contributed by atoms with Gasteiger partial charge in [0.25, 0.3) is 0 Å². The Labute approximate surface area is 78.4 Å². The highest BCUT2D eigenvalue weighted by atomic mass is 14.8. The van der Waals surface area contributed by atoms with Gasteiger partial charge in [-0.25, -0.2) is 0 Å². The van der Waals surface area contributed by atoms with Gasteiger partial charge in [-0.15, -0.1) is 0 Å². The Morgan fingerprint density at radius 1 is 1.54 bits per heavy atom. The number of hydrogen-bond donors (Lipinski definition) is 0. The quantitative estimate of drug-likeness (QED) is 0.508. The summed E-state index contributed by atoms with van der Waals surface area (Å²) in [4.78, 5) is 8.35. The maximum Gasteiger partial charge on any atom is 0.0841 e. The molecule has 0 N–H and O–H groups in total. The molecule has 1 aromatic rings. The molecule has 1 aromatic heterocycles. The second kappa shape index (κ2) is 5.04. The van der Waals surface area contributed by atoms with Crippen LogP contribution in [0, 0.1) is 0 Å². The molecule has 0 fully saturated rings. The molecule has 0 bridgehead atoms. The van der Waals surface area contributed by atoms with Crippen LogP contribution in [-0.4, -0.2) is 10.7 Å². The molecule has 2 nitrogen and oxygen atoms in total. The van der Waals surface area contributed by atoms with Crippen LogP contribution in [-0.2, 0) is 0 Å². The molecule has 0 unspecified atom stereocenters. The number of hydrogen-bond acceptors (Lipinski definition) is 2. The summed E-state index contributed by atoms with van der Waals surface area (Å²) in [6.45, 7) is 5.48. The van der Waals surface area contributed by atoms with Crippen LogP contribution in [0.2, 0.25) is 0 Å². The fourth-order valence-corrected chi connectivity index (χ4v) is 0.859.